The molecular weight excluding hydrogens is 200 g/mol. The molecule has 1 aromatic rings. The zero-order chi connectivity index (χ0) is 10.5. The Morgan fingerprint density at radius 3 is 2.71 bits per heavy atom. The summed E-state index contributed by atoms with van der Waals surface area (Å²) < 4.78 is 0. The second kappa shape index (κ2) is 2.72. The maximum Gasteiger partial charge on any atom is 0.248 e. The molecule has 2 rings (SSSR count). The third-order valence-corrected chi connectivity index (χ3v) is 2.91. The minimum absolute atomic E-state index is 0.205. The van der Waals surface area contributed by atoms with Gasteiger partial charge in [-0.25, -0.2) is 0 Å². The maximum atomic E-state index is 11.6. The SMILES string of the molecule is Cc1ccc(Cl)c2c1NC(=O)[C@]2(C)N. The second-order valence-electron chi connectivity index (χ2n) is 3.77. The molecule has 0 fully saturated rings. The zero-order valence-electron chi connectivity index (χ0n) is 8.02. The van der Waals surface area contributed by atoms with Crippen LogP contribution in [-0.2, 0) is 10.3 Å². The van der Waals surface area contributed by atoms with E-state index in [0.717, 1.165) is 11.3 Å². The number of carbonyl (C=O) groups is 1. The number of anilines is 1. The highest BCUT2D eigenvalue weighted by Crippen LogP contribution is 2.40. The average Bonchev–Trinajstić information content (AvgIpc) is 2.33. The predicted octanol–water partition coefficient (Wildman–Crippen LogP) is 1.77. The van der Waals surface area contributed by atoms with Crippen LogP contribution in [0.15, 0.2) is 12.1 Å². The average molecular weight is 211 g/mol. The molecule has 0 spiro atoms. The second-order valence-corrected chi connectivity index (χ2v) is 4.18. The van der Waals surface area contributed by atoms with Crippen LogP contribution in [0, 0.1) is 6.92 Å². The summed E-state index contributed by atoms with van der Waals surface area (Å²) in [5, 5.41) is 3.28. The van der Waals surface area contributed by atoms with Crippen LogP contribution in [0.2, 0.25) is 5.02 Å². The van der Waals surface area contributed by atoms with E-state index in [2.05, 4.69) is 5.32 Å². The van der Waals surface area contributed by atoms with Gasteiger partial charge in [0.25, 0.3) is 0 Å². The molecule has 3 N–H and O–H groups in total. The minimum atomic E-state index is -1.02. The van der Waals surface area contributed by atoms with Crippen molar-refractivity contribution in [2.45, 2.75) is 19.4 Å². The van der Waals surface area contributed by atoms with E-state index >= 15 is 0 Å². The molecule has 0 aromatic heterocycles. The van der Waals surface area contributed by atoms with Gasteiger partial charge in [-0.05, 0) is 25.5 Å². The molecule has 1 atom stereocenters. The van der Waals surface area contributed by atoms with Crippen molar-refractivity contribution in [3.05, 3.63) is 28.3 Å². The largest absolute Gasteiger partial charge is 0.324 e. The van der Waals surface area contributed by atoms with Crippen molar-refractivity contribution >= 4 is 23.2 Å². The number of rotatable bonds is 0. The zero-order valence-corrected chi connectivity index (χ0v) is 8.77. The van der Waals surface area contributed by atoms with E-state index in [9.17, 15) is 4.79 Å². The first-order valence-electron chi connectivity index (χ1n) is 4.34. The van der Waals surface area contributed by atoms with E-state index in [0.29, 0.717) is 10.6 Å². The van der Waals surface area contributed by atoms with Gasteiger partial charge in [0, 0.05) is 10.6 Å². The maximum absolute atomic E-state index is 11.6. The number of hydrogen-bond donors (Lipinski definition) is 2. The number of aryl methyl sites for hydroxylation is 1. The lowest BCUT2D eigenvalue weighted by Crippen LogP contribution is -2.40. The lowest BCUT2D eigenvalue weighted by Gasteiger charge is -2.16. The molecule has 1 amide bonds. The molecule has 4 heteroatoms. The number of fused-ring (bicyclic) bond motifs is 1. The van der Waals surface area contributed by atoms with Crippen LogP contribution in [0.1, 0.15) is 18.1 Å². The molecule has 0 bridgehead atoms. The summed E-state index contributed by atoms with van der Waals surface area (Å²) in [4.78, 5) is 11.6. The van der Waals surface area contributed by atoms with Gasteiger partial charge in [-0.15, -0.1) is 0 Å². The van der Waals surface area contributed by atoms with E-state index in [-0.39, 0.29) is 5.91 Å². The van der Waals surface area contributed by atoms with Crippen molar-refractivity contribution in [1.82, 2.24) is 0 Å². The fraction of sp³-hybridized carbons (Fsp3) is 0.300. The molecule has 1 heterocycles. The standard InChI is InChI=1S/C10H11ClN2O/c1-5-3-4-6(11)7-8(5)13-9(14)10(7,2)12/h3-4H,12H2,1-2H3,(H,13,14)/t10-/m1/s1. The molecule has 0 saturated carbocycles. The first-order chi connectivity index (χ1) is 6.44. The molecule has 0 radical (unpaired) electrons. The van der Waals surface area contributed by atoms with Crippen LogP contribution in [0.3, 0.4) is 0 Å². The lowest BCUT2D eigenvalue weighted by atomic mass is 9.94. The summed E-state index contributed by atoms with van der Waals surface area (Å²) in [5.74, 6) is -0.205. The van der Waals surface area contributed by atoms with Crippen molar-refractivity contribution in [1.29, 1.82) is 0 Å². The number of benzene rings is 1. The summed E-state index contributed by atoms with van der Waals surface area (Å²) in [6, 6.07) is 3.63. The van der Waals surface area contributed by atoms with Crippen molar-refractivity contribution in [2.75, 3.05) is 5.32 Å². The summed E-state index contributed by atoms with van der Waals surface area (Å²) in [7, 11) is 0. The van der Waals surface area contributed by atoms with Gasteiger partial charge in [-0.2, -0.15) is 0 Å². The Kier molecular flexibility index (Phi) is 1.84. The van der Waals surface area contributed by atoms with Gasteiger partial charge in [-0.3, -0.25) is 4.79 Å². The van der Waals surface area contributed by atoms with Gasteiger partial charge in [0.2, 0.25) is 5.91 Å². The van der Waals surface area contributed by atoms with E-state index in [1.807, 2.05) is 13.0 Å². The molecular formula is C10H11ClN2O. The van der Waals surface area contributed by atoms with Gasteiger partial charge in [0.05, 0.1) is 5.69 Å². The Hall–Kier alpha value is -1.06. The molecule has 0 aliphatic carbocycles. The molecule has 14 heavy (non-hydrogen) atoms. The van der Waals surface area contributed by atoms with Gasteiger partial charge in [-0.1, -0.05) is 17.7 Å². The van der Waals surface area contributed by atoms with Gasteiger partial charge in [0.1, 0.15) is 5.54 Å². The molecule has 3 nitrogen and oxygen atoms in total. The highest BCUT2D eigenvalue weighted by atomic mass is 35.5. The first kappa shape index (κ1) is 9.49. The van der Waals surface area contributed by atoms with E-state index in [1.165, 1.54) is 0 Å². The van der Waals surface area contributed by atoms with Gasteiger partial charge in [0.15, 0.2) is 0 Å². The normalized spacial score (nSPS) is 24.7. The molecule has 1 aliphatic rings. The third-order valence-electron chi connectivity index (χ3n) is 2.59. The topological polar surface area (TPSA) is 55.1 Å². The number of nitrogens with one attached hydrogen (secondary N) is 1. The monoisotopic (exact) mass is 210 g/mol. The van der Waals surface area contributed by atoms with Gasteiger partial charge >= 0.3 is 0 Å². The van der Waals surface area contributed by atoms with E-state index in [1.54, 1.807) is 13.0 Å². The van der Waals surface area contributed by atoms with E-state index < -0.39 is 5.54 Å². The number of carbonyl (C=O) groups excluding carboxylic acids is 1. The Bertz CT molecular complexity index is 426. The van der Waals surface area contributed by atoms with Crippen LogP contribution >= 0.6 is 11.6 Å². The summed E-state index contributed by atoms with van der Waals surface area (Å²) in [6.07, 6.45) is 0. The highest BCUT2D eigenvalue weighted by Gasteiger charge is 2.41. The number of amides is 1. The molecule has 74 valence electrons. The third kappa shape index (κ3) is 1.06. The predicted molar refractivity (Wildman–Crippen MR) is 56.4 cm³/mol. The number of nitrogens with two attached hydrogens (primary N) is 1. The highest BCUT2D eigenvalue weighted by molar-refractivity contribution is 6.33. The lowest BCUT2D eigenvalue weighted by molar-refractivity contribution is -0.120. The quantitative estimate of drug-likeness (QED) is 0.686. The van der Waals surface area contributed by atoms with Crippen molar-refractivity contribution < 1.29 is 4.79 Å². The van der Waals surface area contributed by atoms with Crippen molar-refractivity contribution in [2.24, 2.45) is 5.73 Å². The van der Waals surface area contributed by atoms with Crippen LogP contribution in [0.5, 0.6) is 0 Å². The van der Waals surface area contributed by atoms with E-state index in [4.69, 9.17) is 17.3 Å². The van der Waals surface area contributed by atoms with Gasteiger partial charge < -0.3 is 11.1 Å². The smallest absolute Gasteiger partial charge is 0.248 e. The Morgan fingerprint density at radius 2 is 2.14 bits per heavy atom. The van der Waals surface area contributed by atoms with Crippen molar-refractivity contribution in [3.63, 3.8) is 0 Å². The molecule has 0 unspecified atom stereocenters. The molecule has 0 saturated heterocycles. The van der Waals surface area contributed by atoms with Crippen LogP contribution in [0.25, 0.3) is 0 Å². The fourth-order valence-corrected chi connectivity index (χ4v) is 2.06. The number of halogens is 1. The summed E-state index contributed by atoms with van der Waals surface area (Å²) in [6.45, 7) is 3.58. The van der Waals surface area contributed by atoms with Crippen LogP contribution < -0.4 is 11.1 Å². The number of hydrogen-bond acceptors (Lipinski definition) is 2. The Morgan fingerprint density at radius 1 is 1.50 bits per heavy atom. The van der Waals surface area contributed by atoms with Crippen LogP contribution in [-0.4, -0.2) is 5.91 Å². The summed E-state index contributed by atoms with van der Waals surface area (Å²) in [5.41, 5.74) is 7.32. The molecule has 1 aliphatic heterocycles. The summed E-state index contributed by atoms with van der Waals surface area (Å²) >= 11 is 6.02. The Labute approximate surface area is 87.2 Å². The van der Waals surface area contributed by atoms with Crippen molar-refractivity contribution in [3.8, 4) is 0 Å². The Balaban J connectivity index is 2.76. The first-order valence-corrected chi connectivity index (χ1v) is 4.72. The fourth-order valence-electron chi connectivity index (χ4n) is 1.71. The minimum Gasteiger partial charge on any atom is -0.324 e. The van der Waals surface area contributed by atoms with Crippen LogP contribution in [0.4, 0.5) is 5.69 Å². The molecule has 1 aromatic carbocycles.